The number of benzene rings is 8. The lowest BCUT2D eigenvalue weighted by atomic mass is 9.70. The van der Waals surface area contributed by atoms with E-state index in [1.54, 1.807) is 11.1 Å². The number of para-hydroxylation sites is 1. The summed E-state index contributed by atoms with van der Waals surface area (Å²) < 4.78 is 14.5. The molecule has 73 heavy (non-hydrogen) atoms. The largest absolute Gasteiger partial charge is 0.456 e. The average Bonchev–Trinajstić information content (AvgIpc) is 4.21. The molecule has 1 aliphatic carbocycles. The van der Waals surface area contributed by atoms with E-state index >= 15 is 0 Å². The molecule has 1 nitrogen and oxygen atoms in total. The number of unbranched alkanes of at least 4 members (excludes halogenated alkanes) is 10. The summed E-state index contributed by atoms with van der Waals surface area (Å²) in [7, 11) is 0. The zero-order valence-electron chi connectivity index (χ0n) is 42.9. The van der Waals surface area contributed by atoms with Gasteiger partial charge < -0.3 is 4.42 Å². The molecule has 0 N–H and O–H groups in total. The lowest BCUT2D eigenvalue weighted by Gasteiger charge is -2.33. The van der Waals surface area contributed by atoms with Crippen molar-refractivity contribution >= 4 is 106 Å². The van der Waals surface area contributed by atoms with Crippen molar-refractivity contribution in [3.05, 3.63) is 168 Å². The molecule has 364 valence electrons. The van der Waals surface area contributed by atoms with E-state index in [2.05, 4.69) is 173 Å². The van der Waals surface area contributed by atoms with Crippen LogP contribution < -0.4 is 0 Å². The maximum atomic E-state index is 6.37. The molecule has 4 heterocycles. The molecule has 1 aliphatic rings. The Balaban J connectivity index is 0.962. The van der Waals surface area contributed by atoms with E-state index in [0.29, 0.717) is 0 Å². The molecule has 0 spiro atoms. The lowest BCUT2D eigenvalue weighted by Crippen LogP contribution is -2.25. The molecular formula is C69H64OS3. The van der Waals surface area contributed by atoms with E-state index in [0.717, 1.165) is 11.2 Å². The fourth-order valence-electron chi connectivity index (χ4n) is 12.7. The molecule has 0 saturated heterocycles. The van der Waals surface area contributed by atoms with Crippen LogP contribution in [0, 0.1) is 13.8 Å². The third-order valence-corrected chi connectivity index (χ3v) is 20.2. The van der Waals surface area contributed by atoms with E-state index < -0.39 is 0 Å². The summed E-state index contributed by atoms with van der Waals surface area (Å²) >= 11 is 5.77. The summed E-state index contributed by atoms with van der Waals surface area (Å²) in [6.07, 6.45) is 18.3. The summed E-state index contributed by atoms with van der Waals surface area (Å²) in [5, 5.41) is 7.71. The molecule has 12 aromatic rings. The average molecular weight is 1010 g/mol. The molecule has 0 fully saturated rings. The van der Waals surface area contributed by atoms with Crippen molar-refractivity contribution in [1.29, 1.82) is 0 Å². The van der Waals surface area contributed by atoms with Gasteiger partial charge in [0.15, 0.2) is 0 Å². The van der Waals surface area contributed by atoms with Gasteiger partial charge in [-0.05, 0) is 155 Å². The summed E-state index contributed by atoms with van der Waals surface area (Å²) in [5.74, 6) is 0. The Hall–Kier alpha value is -6.04. The zero-order valence-corrected chi connectivity index (χ0v) is 45.3. The Labute approximate surface area is 442 Å². The molecule has 8 aromatic carbocycles. The lowest BCUT2D eigenvalue weighted by molar-refractivity contribution is 0.398. The van der Waals surface area contributed by atoms with Crippen molar-refractivity contribution in [2.45, 2.75) is 123 Å². The van der Waals surface area contributed by atoms with Crippen LogP contribution in [0.2, 0.25) is 0 Å². The van der Waals surface area contributed by atoms with Crippen molar-refractivity contribution in [3.63, 3.8) is 0 Å². The highest BCUT2D eigenvalue weighted by molar-refractivity contribution is 7.36. The van der Waals surface area contributed by atoms with Crippen molar-refractivity contribution < 1.29 is 4.42 Å². The van der Waals surface area contributed by atoms with Gasteiger partial charge in [0, 0.05) is 56.5 Å². The van der Waals surface area contributed by atoms with E-state index in [1.807, 2.05) is 34.0 Å². The second kappa shape index (κ2) is 19.3. The van der Waals surface area contributed by atoms with Gasteiger partial charge in [-0.15, -0.1) is 34.0 Å². The maximum absolute atomic E-state index is 6.37. The molecule has 0 aliphatic heterocycles. The van der Waals surface area contributed by atoms with Crippen LogP contribution in [0.1, 0.15) is 126 Å². The van der Waals surface area contributed by atoms with E-state index in [4.69, 9.17) is 4.42 Å². The SMILES string of the molecule is CCCCCCCCC1(CCCCCCCC)c2cc(C)ccc2-c2ccc(-c3cc(-c4ccc5c(c4)sc4c6ccc(C)cc6sc54)cc(-c4ccc5sc6cc7oc8ccccc8c7cc6c5c4)c3)cc21. The molecule has 0 amide bonds. The minimum Gasteiger partial charge on any atom is -0.456 e. The molecule has 0 radical (unpaired) electrons. The highest BCUT2D eigenvalue weighted by Crippen LogP contribution is 2.56. The van der Waals surface area contributed by atoms with Gasteiger partial charge in [0.25, 0.3) is 0 Å². The Bertz CT molecular complexity index is 4040. The maximum Gasteiger partial charge on any atom is 0.136 e. The van der Waals surface area contributed by atoms with Gasteiger partial charge in [-0.2, -0.15) is 0 Å². The van der Waals surface area contributed by atoms with Crippen LogP contribution in [0.3, 0.4) is 0 Å². The van der Waals surface area contributed by atoms with Gasteiger partial charge in [0.1, 0.15) is 11.2 Å². The predicted molar refractivity (Wildman–Crippen MR) is 323 cm³/mol. The van der Waals surface area contributed by atoms with E-state index in [-0.39, 0.29) is 5.41 Å². The number of aryl methyl sites for hydroxylation is 2. The van der Waals surface area contributed by atoms with Gasteiger partial charge in [-0.1, -0.05) is 175 Å². The van der Waals surface area contributed by atoms with Crippen molar-refractivity contribution in [2.75, 3.05) is 0 Å². The molecule has 4 heteroatoms. The molecule has 13 rings (SSSR count). The van der Waals surface area contributed by atoms with Crippen molar-refractivity contribution in [1.82, 2.24) is 0 Å². The molecule has 0 unspecified atom stereocenters. The normalized spacial score (nSPS) is 13.3. The van der Waals surface area contributed by atoms with Crippen LogP contribution in [0.5, 0.6) is 0 Å². The van der Waals surface area contributed by atoms with E-state index in [1.165, 1.54) is 206 Å². The van der Waals surface area contributed by atoms with Crippen LogP contribution in [-0.2, 0) is 5.41 Å². The predicted octanol–water partition coefficient (Wildman–Crippen LogP) is 22.9. The standard InChI is InChI=1S/C69H64OS3/c1-5-7-9-11-13-17-31-69(32-18-14-12-10-8-6-2)59-33-43(3)21-26-51(59)52-28-23-46(39-60(52)69)49-35-48(36-50(37-49)47-24-29-55-65(40-47)73-67-54-27-22-44(4)34-64(54)72-68(55)67)45-25-30-63-57(38-45)58-41-56-53-19-15-16-20-61(53)70-62(56)42-66(58)71-63/h15-16,19-30,33-42H,5-14,17-18,31-32H2,1-4H3. The van der Waals surface area contributed by atoms with Gasteiger partial charge in [-0.3, -0.25) is 0 Å². The first-order chi connectivity index (χ1) is 35.8. The fourth-order valence-corrected chi connectivity index (χ4v) is 16.6. The zero-order chi connectivity index (χ0) is 49.2. The minimum atomic E-state index is 0.0132. The van der Waals surface area contributed by atoms with Crippen LogP contribution in [0.4, 0.5) is 0 Å². The summed E-state index contributed by atoms with van der Waals surface area (Å²) in [6.45, 7) is 9.16. The summed E-state index contributed by atoms with van der Waals surface area (Å²) in [5.41, 5.74) is 18.3. The Kier molecular flexibility index (Phi) is 12.4. The highest BCUT2D eigenvalue weighted by atomic mass is 32.1. The minimum absolute atomic E-state index is 0.0132. The van der Waals surface area contributed by atoms with Gasteiger partial charge in [0.05, 0.1) is 9.40 Å². The monoisotopic (exact) mass is 1000 g/mol. The topological polar surface area (TPSA) is 13.1 Å². The number of rotatable bonds is 17. The van der Waals surface area contributed by atoms with Crippen LogP contribution in [0.25, 0.3) is 116 Å². The Morgan fingerprint density at radius 1 is 0.356 bits per heavy atom. The number of fused-ring (bicyclic) bond motifs is 14. The highest BCUT2D eigenvalue weighted by Gasteiger charge is 2.42. The molecule has 0 saturated carbocycles. The molecule has 4 aromatic heterocycles. The fraction of sp³-hybridized carbons (Fsp3) is 0.275. The summed E-state index contributed by atoms with van der Waals surface area (Å²) in [4.78, 5) is 0. The molecule has 0 atom stereocenters. The van der Waals surface area contributed by atoms with E-state index in [9.17, 15) is 0 Å². The van der Waals surface area contributed by atoms with Crippen LogP contribution in [0.15, 0.2) is 150 Å². The quantitative estimate of drug-likeness (QED) is 0.0829. The Morgan fingerprint density at radius 2 is 0.890 bits per heavy atom. The third kappa shape index (κ3) is 8.33. The molecular weight excluding hydrogens is 941 g/mol. The van der Waals surface area contributed by atoms with Gasteiger partial charge >= 0.3 is 0 Å². The number of hydrogen-bond donors (Lipinski definition) is 0. The van der Waals surface area contributed by atoms with Crippen LogP contribution in [-0.4, -0.2) is 0 Å². The first kappa shape index (κ1) is 46.7. The first-order valence-corrected chi connectivity index (χ1v) is 29.9. The Morgan fingerprint density at radius 3 is 1.62 bits per heavy atom. The third-order valence-electron chi connectivity index (χ3n) is 16.6. The number of hydrogen-bond acceptors (Lipinski definition) is 4. The van der Waals surface area contributed by atoms with Gasteiger partial charge in [-0.25, -0.2) is 0 Å². The molecule has 0 bridgehead atoms. The van der Waals surface area contributed by atoms with Crippen LogP contribution >= 0.6 is 34.0 Å². The second-order valence-corrected chi connectivity index (χ2v) is 24.7. The number of thiophene rings is 3. The first-order valence-electron chi connectivity index (χ1n) is 27.4. The van der Waals surface area contributed by atoms with Crippen molar-refractivity contribution in [3.8, 4) is 44.5 Å². The number of furan rings is 1. The van der Waals surface area contributed by atoms with Gasteiger partial charge in [0.2, 0.25) is 0 Å². The smallest absolute Gasteiger partial charge is 0.136 e. The van der Waals surface area contributed by atoms with Crippen molar-refractivity contribution in [2.24, 2.45) is 0 Å². The second-order valence-electron chi connectivity index (χ2n) is 21.6. The summed E-state index contributed by atoms with van der Waals surface area (Å²) in [6, 6.07) is 56.9.